The topological polar surface area (TPSA) is 39.4 Å². The van der Waals surface area contributed by atoms with E-state index < -0.39 is 0 Å². The quantitative estimate of drug-likeness (QED) is 0.677. The number of fused-ring (bicyclic) bond motifs is 1. The van der Waals surface area contributed by atoms with E-state index in [0.717, 1.165) is 24.2 Å². The van der Waals surface area contributed by atoms with Crippen LogP contribution in [-0.2, 0) is 6.42 Å². The van der Waals surface area contributed by atoms with Gasteiger partial charge in [0.25, 0.3) is 0 Å². The second-order valence-electron chi connectivity index (χ2n) is 6.79. The molecule has 1 aromatic heterocycles. The molecule has 0 aromatic carbocycles. The molecule has 0 saturated carbocycles. The lowest BCUT2D eigenvalue weighted by Crippen LogP contribution is -2.51. The van der Waals surface area contributed by atoms with Gasteiger partial charge in [0.2, 0.25) is 0 Å². The molecule has 1 atom stereocenters. The molecular weight excluding hydrogens is 252 g/mol. The first-order chi connectivity index (χ1) is 9.28. The van der Waals surface area contributed by atoms with E-state index in [2.05, 4.69) is 26.8 Å². The second kappa shape index (κ2) is 4.00. The van der Waals surface area contributed by atoms with Crippen molar-refractivity contribution in [2.75, 3.05) is 0 Å². The molecule has 3 heteroatoms. The van der Waals surface area contributed by atoms with Crippen molar-refractivity contribution in [1.82, 2.24) is 0 Å². The van der Waals surface area contributed by atoms with Crippen molar-refractivity contribution in [3.8, 4) is 5.75 Å². The van der Waals surface area contributed by atoms with Crippen LogP contribution in [0.5, 0.6) is 5.75 Å². The first-order valence-electron chi connectivity index (χ1n) is 7.28. The van der Waals surface area contributed by atoms with Crippen molar-refractivity contribution in [1.29, 1.82) is 0 Å². The number of allylic oxidation sites excluding steroid dienone is 1. The van der Waals surface area contributed by atoms with Gasteiger partial charge in [-0.25, -0.2) is 4.79 Å². The number of hydrogen-bond donors (Lipinski definition) is 0. The molecule has 1 spiro atoms. The Kier molecular flexibility index (Phi) is 2.69. The van der Waals surface area contributed by atoms with Crippen molar-refractivity contribution in [2.24, 2.45) is 5.41 Å². The molecule has 3 nitrogen and oxygen atoms in total. The lowest BCUT2D eigenvalue weighted by molar-refractivity contribution is -0.00434. The molecule has 0 amide bonds. The van der Waals surface area contributed by atoms with Gasteiger partial charge in [-0.3, -0.25) is 0 Å². The maximum Gasteiger partial charge on any atom is 0.343 e. The molecular formula is C17H22O3. The van der Waals surface area contributed by atoms with Crippen LogP contribution in [0.3, 0.4) is 0 Å². The summed E-state index contributed by atoms with van der Waals surface area (Å²) in [6.45, 7) is 10.4. The zero-order valence-electron chi connectivity index (χ0n) is 12.9. The average molecular weight is 274 g/mol. The van der Waals surface area contributed by atoms with Crippen LogP contribution in [-0.4, -0.2) is 5.60 Å². The van der Waals surface area contributed by atoms with Gasteiger partial charge in [0, 0.05) is 17.4 Å². The summed E-state index contributed by atoms with van der Waals surface area (Å²) >= 11 is 0. The summed E-state index contributed by atoms with van der Waals surface area (Å²) in [6.07, 6.45) is 5.02. The summed E-state index contributed by atoms with van der Waals surface area (Å²) in [7, 11) is 0. The molecule has 108 valence electrons. The third-order valence-corrected chi connectivity index (χ3v) is 5.29. The van der Waals surface area contributed by atoms with Crippen LogP contribution < -0.4 is 10.4 Å². The fraction of sp³-hybridized carbons (Fsp3) is 0.588. The summed E-state index contributed by atoms with van der Waals surface area (Å²) in [5.74, 6) is 1.41. The Morgan fingerprint density at radius 1 is 1.20 bits per heavy atom. The van der Waals surface area contributed by atoms with Gasteiger partial charge in [-0.05, 0) is 39.2 Å². The lowest BCUT2D eigenvalue weighted by atomic mass is 9.63. The molecule has 20 heavy (non-hydrogen) atoms. The zero-order chi connectivity index (χ0) is 14.7. The number of aryl methyl sites for hydroxylation is 1. The van der Waals surface area contributed by atoms with Gasteiger partial charge >= 0.3 is 5.63 Å². The summed E-state index contributed by atoms with van der Waals surface area (Å²) in [6, 6.07) is 0. The third kappa shape index (κ3) is 1.55. The van der Waals surface area contributed by atoms with Gasteiger partial charge in [0.05, 0.1) is 5.56 Å². The average Bonchev–Trinajstić information content (AvgIpc) is 2.77. The van der Waals surface area contributed by atoms with Gasteiger partial charge in [-0.15, -0.1) is 0 Å². The van der Waals surface area contributed by atoms with E-state index in [-0.39, 0.29) is 16.6 Å². The van der Waals surface area contributed by atoms with Gasteiger partial charge < -0.3 is 9.15 Å². The highest BCUT2D eigenvalue weighted by Gasteiger charge is 2.54. The first kappa shape index (κ1) is 13.5. The van der Waals surface area contributed by atoms with Crippen LogP contribution in [0.4, 0.5) is 0 Å². The van der Waals surface area contributed by atoms with E-state index in [0.29, 0.717) is 17.7 Å². The summed E-state index contributed by atoms with van der Waals surface area (Å²) in [5, 5.41) is 0. The minimum absolute atomic E-state index is 0.0115. The van der Waals surface area contributed by atoms with E-state index in [1.807, 2.05) is 13.8 Å². The lowest BCUT2D eigenvalue weighted by Gasteiger charge is -2.47. The molecule has 0 radical (unpaired) electrons. The molecule has 3 rings (SSSR count). The van der Waals surface area contributed by atoms with Crippen LogP contribution in [0.1, 0.15) is 50.5 Å². The van der Waals surface area contributed by atoms with Gasteiger partial charge in [-0.2, -0.15) is 0 Å². The minimum atomic E-state index is -0.388. The highest BCUT2D eigenvalue weighted by atomic mass is 16.5. The highest BCUT2D eigenvalue weighted by molar-refractivity contribution is 5.48. The monoisotopic (exact) mass is 274 g/mol. The van der Waals surface area contributed by atoms with Gasteiger partial charge in [0.15, 0.2) is 0 Å². The van der Waals surface area contributed by atoms with Crippen molar-refractivity contribution < 1.29 is 9.15 Å². The maximum absolute atomic E-state index is 12.2. The van der Waals surface area contributed by atoms with Crippen LogP contribution >= 0.6 is 0 Å². The Morgan fingerprint density at radius 2 is 1.90 bits per heavy atom. The van der Waals surface area contributed by atoms with E-state index in [1.54, 1.807) is 0 Å². The van der Waals surface area contributed by atoms with Crippen LogP contribution in [0.15, 0.2) is 20.9 Å². The first-order valence-corrected chi connectivity index (χ1v) is 7.28. The van der Waals surface area contributed by atoms with Crippen molar-refractivity contribution in [3.05, 3.63) is 39.0 Å². The molecule has 0 saturated heterocycles. The molecule has 2 aliphatic rings. The highest BCUT2D eigenvalue weighted by Crippen LogP contribution is 2.53. The summed E-state index contributed by atoms with van der Waals surface area (Å²) in [5.41, 5.74) is 2.27. The van der Waals surface area contributed by atoms with Crippen molar-refractivity contribution >= 4 is 0 Å². The van der Waals surface area contributed by atoms with E-state index in [4.69, 9.17) is 9.15 Å². The van der Waals surface area contributed by atoms with E-state index in [1.165, 1.54) is 5.57 Å². The fourth-order valence-electron chi connectivity index (χ4n) is 3.65. The number of ether oxygens (including phenoxy) is 1. The molecule has 0 N–H and O–H groups in total. The molecule has 2 heterocycles. The van der Waals surface area contributed by atoms with E-state index in [9.17, 15) is 4.79 Å². The normalized spacial score (nSPS) is 27.1. The Labute approximate surface area is 119 Å². The largest absolute Gasteiger partial charge is 0.481 e. The van der Waals surface area contributed by atoms with Crippen LogP contribution in [0.25, 0.3) is 0 Å². The zero-order valence-corrected chi connectivity index (χ0v) is 12.9. The Balaban J connectivity index is 2.21. The molecule has 1 unspecified atom stereocenters. The SMILES string of the molecule is CC1=CCCC(C)(C)C12Cc1c(c(C)c(C)oc1=O)O2. The number of hydrogen-bond acceptors (Lipinski definition) is 3. The van der Waals surface area contributed by atoms with E-state index >= 15 is 0 Å². The predicted molar refractivity (Wildman–Crippen MR) is 78.3 cm³/mol. The van der Waals surface area contributed by atoms with Crippen molar-refractivity contribution in [2.45, 2.75) is 59.5 Å². The molecule has 1 aliphatic carbocycles. The Morgan fingerprint density at radius 3 is 2.55 bits per heavy atom. The van der Waals surface area contributed by atoms with Gasteiger partial charge in [0.1, 0.15) is 17.1 Å². The molecule has 1 aromatic rings. The molecule has 0 bridgehead atoms. The third-order valence-electron chi connectivity index (χ3n) is 5.29. The fourth-order valence-corrected chi connectivity index (χ4v) is 3.65. The summed E-state index contributed by atoms with van der Waals surface area (Å²) in [4.78, 5) is 12.2. The minimum Gasteiger partial charge on any atom is -0.481 e. The number of rotatable bonds is 0. The second-order valence-corrected chi connectivity index (χ2v) is 6.79. The Bertz CT molecular complexity index is 664. The summed E-state index contributed by atoms with van der Waals surface area (Å²) < 4.78 is 11.8. The Hall–Kier alpha value is -1.51. The molecule has 0 fully saturated rings. The predicted octanol–water partition coefficient (Wildman–Crippen LogP) is 3.70. The smallest absolute Gasteiger partial charge is 0.343 e. The van der Waals surface area contributed by atoms with Crippen LogP contribution in [0.2, 0.25) is 0 Å². The standard InChI is InChI=1S/C17H22O3/c1-10-7-6-8-16(4,5)17(10)9-13-14(20-17)11(2)12(3)19-15(13)18/h7H,6,8-9H2,1-5H3. The maximum atomic E-state index is 12.2. The van der Waals surface area contributed by atoms with Crippen molar-refractivity contribution in [3.63, 3.8) is 0 Å². The molecule has 1 aliphatic heterocycles. The van der Waals surface area contributed by atoms with Crippen LogP contribution in [0, 0.1) is 19.3 Å². The van der Waals surface area contributed by atoms with Gasteiger partial charge in [-0.1, -0.05) is 19.9 Å².